The third kappa shape index (κ3) is 2.49. The molecular formula is C12H6F5NO. The molecule has 0 saturated heterocycles. The van der Waals surface area contributed by atoms with Crippen molar-refractivity contribution in [3.8, 4) is 11.5 Å². The Morgan fingerprint density at radius 2 is 1.53 bits per heavy atom. The average Bonchev–Trinajstić information content (AvgIpc) is 2.36. The van der Waals surface area contributed by atoms with Crippen LogP contribution in [0.3, 0.4) is 0 Å². The van der Waals surface area contributed by atoms with Crippen LogP contribution in [0.4, 0.5) is 22.0 Å². The van der Waals surface area contributed by atoms with Crippen LogP contribution in [0.15, 0.2) is 18.2 Å². The van der Waals surface area contributed by atoms with Gasteiger partial charge < -0.3 is 4.74 Å². The standard InChI is InChI=1S/C12H6F5NO/c1-5-2-3-6(13)4-7(5)19-10-8(14)11(16)18-12(17)9(10)15/h2-4H,1H3. The fourth-order valence-electron chi connectivity index (χ4n) is 1.35. The van der Waals surface area contributed by atoms with Gasteiger partial charge in [-0.05, 0) is 18.6 Å². The van der Waals surface area contributed by atoms with Gasteiger partial charge in [0, 0.05) is 6.07 Å². The number of aromatic nitrogens is 1. The number of pyridine rings is 1. The highest BCUT2D eigenvalue weighted by molar-refractivity contribution is 5.38. The minimum Gasteiger partial charge on any atom is -0.450 e. The lowest BCUT2D eigenvalue weighted by atomic mass is 10.2. The fraction of sp³-hybridized carbons (Fsp3) is 0.0833. The number of nitrogens with zero attached hydrogens (tertiary/aromatic N) is 1. The summed E-state index contributed by atoms with van der Waals surface area (Å²) in [5.74, 6) is -9.56. The maximum Gasteiger partial charge on any atom is 0.255 e. The van der Waals surface area contributed by atoms with Gasteiger partial charge in [-0.2, -0.15) is 22.5 Å². The monoisotopic (exact) mass is 275 g/mol. The van der Waals surface area contributed by atoms with Crippen LogP contribution in [0, 0.1) is 36.3 Å². The quantitative estimate of drug-likeness (QED) is 0.613. The first-order chi connectivity index (χ1) is 8.90. The first kappa shape index (κ1) is 13.3. The molecule has 1 aromatic carbocycles. The normalized spacial score (nSPS) is 10.6. The summed E-state index contributed by atoms with van der Waals surface area (Å²) in [4.78, 5) is 2.38. The number of halogens is 5. The van der Waals surface area contributed by atoms with E-state index in [2.05, 4.69) is 4.98 Å². The molecule has 0 fully saturated rings. The highest BCUT2D eigenvalue weighted by Gasteiger charge is 2.23. The van der Waals surface area contributed by atoms with E-state index in [-0.39, 0.29) is 5.75 Å². The van der Waals surface area contributed by atoms with Crippen molar-refractivity contribution in [2.45, 2.75) is 6.92 Å². The average molecular weight is 275 g/mol. The molecule has 0 atom stereocenters. The summed E-state index contributed by atoms with van der Waals surface area (Å²) in [6.45, 7) is 1.47. The Balaban J connectivity index is 2.52. The van der Waals surface area contributed by atoms with Crippen molar-refractivity contribution in [2.24, 2.45) is 0 Å². The molecule has 0 amide bonds. The highest BCUT2D eigenvalue weighted by Crippen LogP contribution is 2.31. The van der Waals surface area contributed by atoms with E-state index in [0.29, 0.717) is 5.56 Å². The molecule has 1 heterocycles. The smallest absolute Gasteiger partial charge is 0.255 e. The van der Waals surface area contributed by atoms with Crippen molar-refractivity contribution in [3.05, 3.63) is 53.1 Å². The second-order valence-electron chi connectivity index (χ2n) is 3.66. The Hall–Kier alpha value is -2.18. The van der Waals surface area contributed by atoms with E-state index in [9.17, 15) is 22.0 Å². The predicted molar refractivity (Wildman–Crippen MR) is 55.3 cm³/mol. The Morgan fingerprint density at radius 1 is 0.947 bits per heavy atom. The zero-order valence-electron chi connectivity index (χ0n) is 9.48. The van der Waals surface area contributed by atoms with Gasteiger partial charge in [-0.3, -0.25) is 0 Å². The second kappa shape index (κ2) is 4.83. The zero-order chi connectivity index (χ0) is 14.2. The minimum absolute atomic E-state index is 0.261. The van der Waals surface area contributed by atoms with E-state index in [1.54, 1.807) is 0 Å². The molecule has 0 bridgehead atoms. The van der Waals surface area contributed by atoms with Crippen LogP contribution in [-0.4, -0.2) is 4.98 Å². The zero-order valence-corrected chi connectivity index (χ0v) is 9.48. The van der Waals surface area contributed by atoms with Gasteiger partial charge in [0.05, 0.1) is 0 Å². The number of rotatable bonds is 2. The molecule has 0 saturated carbocycles. The highest BCUT2D eigenvalue weighted by atomic mass is 19.2. The van der Waals surface area contributed by atoms with Crippen LogP contribution in [0.1, 0.15) is 5.56 Å². The number of hydrogen-bond donors (Lipinski definition) is 0. The third-order valence-electron chi connectivity index (χ3n) is 2.32. The molecule has 0 N–H and O–H groups in total. The summed E-state index contributed by atoms with van der Waals surface area (Å²) in [5, 5.41) is 0. The lowest BCUT2D eigenvalue weighted by Crippen LogP contribution is -2.03. The number of hydrogen-bond acceptors (Lipinski definition) is 2. The van der Waals surface area contributed by atoms with E-state index < -0.39 is 35.1 Å². The molecule has 2 aromatic rings. The number of benzene rings is 1. The molecule has 7 heteroatoms. The third-order valence-corrected chi connectivity index (χ3v) is 2.32. The first-order valence-corrected chi connectivity index (χ1v) is 5.04. The largest absolute Gasteiger partial charge is 0.450 e. The molecule has 2 rings (SSSR count). The second-order valence-corrected chi connectivity index (χ2v) is 3.66. The Labute approximate surface area is 104 Å². The van der Waals surface area contributed by atoms with Crippen molar-refractivity contribution in [2.75, 3.05) is 0 Å². The predicted octanol–water partition coefficient (Wildman–Crippen LogP) is 3.88. The molecule has 0 radical (unpaired) electrons. The van der Waals surface area contributed by atoms with E-state index in [1.807, 2.05) is 0 Å². The number of ether oxygens (including phenoxy) is 1. The molecule has 100 valence electrons. The summed E-state index contributed by atoms with van der Waals surface area (Å²) >= 11 is 0. The van der Waals surface area contributed by atoms with Crippen molar-refractivity contribution in [1.29, 1.82) is 0 Å². The van der Waals surface area contributed by atoms with Gasteiger partial charge in [0.25, 0.3) is 11.9 Å². The van der Waals surface area contributed by atoms with Crippen molar-refractivity contribution in [3.63, 3.8) is 0 Å². The van der Waals surface area contributed by atoms with Gasteiger partial charge in [-0.15, -0.1) is 0 Å². The van der Waals surface area contributed by atoms with Crippen molar-refractivity contribution >= 4 is 0 Å². The molecule has 0 aliphatic rings. The molecule has 0 unspecified atom stereocenters. The van der Waals surface area contributed by atoms with Crippen LogP contribution >= 0.6 is 0 Å². The SMILES string of the molecule is Cc1ccc(F)cc1Oc1c(F)c(F)nc(F)c1F. The maximum atomic E-state index is 13.3. The molecule has 2 nitrogen and oxygen atoms in total. The molecule has 19 heavy (non-hydrogen) atoms. The Kier molecular flexibility index (Phi) is 3.37. The van der Waals surface area contributed by atoms with Gasteiger partial charge >= 0.3 is 0 Å². The summed E-state index contributed by atoms with van der Waals surface area (Å²) in [6, 6.07) is 3.22. The van der Waals surface area contributed by atoms with E-state index >= 15 is 0 Å². The lowest BCUT2D eigenvalue weighted by molar-refractivity contribution is 0.341. The van der Waals surface area contributed by atoms with Gasteiger partial charge in [0.15, 0.2) is 0 Å². The van der Waals surface area contributed by atoms with Gasteiger partial charge in [0.2, 0.25) is 17.4 Å². The van der Waals surface area contributed by atoms with E-state index in [4.69, 9.17) is 4.74 Å². The van der Waals surface area contributed by atoms with Gasteiger partial charge in [-0.25, -0.2) is 4.39 Å². The van der Waals surface area contributed by atoms with Crippen LogP contribution in [-0.2, 0) is 0 Å². The van der Waals surface area contributed by atoms with Crippen LogP contribution < -0.4 is 4.74 Å². The molecular weight excluding hydrogens is 269 g/mol. The van der Waals surface area contributed by atoms with Crippen LogP contribution in [0.2, 0.25) is 0 Å². The van der Waals surface area contributed by atoms with Crippen LogP contribution in [0.25, 0.3) is 0 Å². The van der Waals surface area contributed by atoms with Gasteiger partial charge in [0.1, 0.15) is 11.6 Å². The minimum atomic E-state index is -1.84. The lowest BCUT2D eigenvalue weighted by Gasteiger charge is -2.10. The molecule has 0 aliphatic carbocycles. The summed E-state index contributed by atoms with van der Waals surface area (Å²) < 4.78 is 70.0. The summed E-state index contributed by atoms with van der Waals surface area (Å²) in [5.41, 5.74) is 0.331. The van der Waals surface area contributed by atoms with Crippen LogP contribution in [0.5, 0.6) is 11.5 Å². The molecule has 0 spiro atoms. The summed E-state index contributed by atoms with van der Waals surface area (Å²) in [7, 11) is 0. The maximum absolute atomic E-state index is 13.3. The van der Waals surface area contributed by atoms with E-state index in [0.717, 1.165) is 12.1 Å². The fourth-order valence-corrected chi connectivity index (χ4v) is 1.35. The van der Waals surface area contributed by atoms with Crippen molar-refractivity contribution < 1.29 is 26.7 Å². The molecule has 0 aliphatic heterocycles. The van der Waals surface area contributed by atoms with Crippen molar-refractivity contribution in [1.82, 2.24) is 4.98 Å². The Bertz CT molecular complexity index is 618. The van der Waals surface area contributed by atoms with Gasteiger partial charge in [-0.1, -0.05) is 6.07 Å². The molecule has 1 aromatic heterocycles. The number of aryl methyl sites for hydroxylation is 1. The first-order valence-electron chi connectivity index (χ1n) is 5.04. The van der Waals surface area contributed by atoms with E-state index in [1.165, 1.54) is 13.0 Å². The summed E-state index contributed by atoms with van der Waals surface area (Å²) in [6.07, 6.45) is 0. The Morgan fingerprint density at radius 3 is 2.11 bits per heavy atom. The topological polar surface area (TPSA) is 22.1 Å².